The van der Waals surface area contributed by atoms with Crippen LogP contribution in [-0.2, 0) is 0 Å². The van der Waals surface area contributed by atoms with E-state index in [1.165, 1.54) is 12.1 Å². The van der Waals surface area contributed by atoms with Crippen LogP contribution in [0.2, 0.25) is 0 Å². The largest absolute Gasteiger partial charge is 0.314 e. The van der Waals surface area contributed by atoms with Gasteiger partial charge in [0.2, 0.25) is 0 Å². The van der Waals surface area contributed by atoms with E-state index in [2.05, 4.69) is 10.2 Å². The first-order chi connectivity index (χ1) is 9.80. The Morgan fingerprint density at radius 3 is 2.30 bits per heavy atom. The molecule has 2 rings (SSSR count). The van der Waals surface area contributed by atoms with Crippen LogP contribution in [0.15, 0.2) is 18.2 Å². The van der Waals surface area contributed by atoms with Crippen molar-refractivity contribution in [2.75, 3.05) is 26.2 Å². The lowest BCUT2D eigenvalue weighted by Gasteiger charge is -2.42. The average molecular weight is 368 g/mol. The van der Waals surface area contributed by atoms with Crippen LogP contribution in [0.3, 0.4) is 0 Å². The topological polar surface area (TPSA) is 58.4 Å². The van der Waals surface area contributed by atoms with Gasteiger partial charge in [0.1, 0.15) is 5.82 Å². The van der Waals surface area contributed by atoms with Gasteiger partial charge in [0.15, 0.2) is 0 Å². The number of hydrogen-bond donors (Lipinski definition) is 1. The summed E-state index contributed by atoms with van der Waals surface area (Å²) >= 11 is 0. The second-order valence-corrected chi connectivity index (χ2v) is 6.51. The molecule has 1 aromatic rings. The molecule has 0 aromatic heterocycles. The van der Waals surface area contributed by atoms with Gasteiger partial charge < -0.3 is 5.32 Å². The number of nitro benzene ring substituents is 1. The lowest BCUT2D eigenvalue weighted by Crippen LogP contribution is -2.48. The van der Waals surface area contributed by atoms with Crippen LogP contribution < -0.4 is 5.32 Å². The van der Waals surface area contributed by atoms with Crippen molar-refractivity contribution in [2.45, 2.75) is 26.8 Å². The van der Waals surface area contributed by atoms with Crippen molar-refractivity contribution < 1.29 is 9.31 Å². The molecule has 132 valence electrons. The smallest absolute Gasteiger partial charge is 0.274 e. The molecule has 0 amide bonds. The van der Waals surface area contributed by atoms with Crippen LogP contribution in [0.1, 0.15) is 32.4 Å². The van der Waals surface area contributed by atoms with Gasteiger partial charge in [-0.1, -0.05) is 20.8 Å². The molecule has 0 spiro atoms. The molecule has 0 saturated carbocycles. The fourth-order valence-corrected chi connectivity index (χ4v) is 3.06. The maximum Gasteiger partial charge on any atom is 0.274 e. The summed E-state index contributed by atoms with van der Waals surface area (Å²) in [6.07, 6.45) is 0. The van der Waals surface area contributed by atoms with Crippen LogP contribution >= 0.6 is 24.8 Å². The molecule has 1 aliphatic heterocycles. The molecule has 1 heterocycles. The standard InChI is InChI=1S/C15H22FN3O2.2ClH/c1-15(2,3)14(18-8-6-17-7-9-18)12-10-11(16)4-5-13(12)19(20)21;;/h4-5,10,14,17H,6-9H2,1-3H3;2*1H/t14-;;/m1../s1. The van der Waals surface area contributed by atoms with Gasteiger partial charge >= 0.3 is 0 Å². The molecular weight excluding hydrogens is 344 g/mol. The highest BCUT2D eigenvalue weighted by molar-refractivity contribution is 5.85. The van der Waals surface area contributed by atoms with E-state index < -0.39 is 10.7 Å². The Morgan fingerprint density at radius 1 is 1.26 bits per heavy atom. The molecule has 23 heavy (non-hydrogen) atoms. The van der Waals surface area contributed by atoms with Gasteiger partial charge in [-0.2, -0.15) is 0 Å². The molecule has 1 aliphatic rings. The van der Waals surface area contributed by atoms with Gasteiger partial charge in [-0.3, -0.25) is 15.0 Å². The molecule has 5 nitrogen and oxygen atoms in total. The maximum absolute atomic E-state index is 13.7. The van der Waals surface area contributed by atoms with E-state index in [-0.39, 0.29) is 42.0 Å². The van der Waals surface area contributed by atoms with Gasteiger partial charge in [-0.05, 0) is 17.5 Å². The summed E-state index contributed by atoms with van der Waals surface area (Å²) in [5.41, 5.74) is 0.236. The van der Waals surface area contributed by atoms with Crippen molar-refractivity contribution in [3.05, 3.63) is 39.7 Å². The number of nitrogens with zero attached hydrogens (tertiary/aromatic N) is 2. The minimum atomic E-state index is -0.431. The highest BCUT2D eigenvalue weighted by Gasteiger charge is 2.36. The molecule has 0 radical (unpaired) electrons. The Balaban J connectivity index is 0.00000242. The Kier molecular flexibility index (Phi) is 8.41. The predicted octanol–water partition coefficient (Wildman–Crippen LogP) is 3.57. The van der Waals surface area contributed by atoms with Crippen molar-refractivity contribution in [3.63, 3.8) is 0 Å². The van der Waals surface area contributed by atoms with E-state index in [0.717, 1.165) is 32.2 Å². The van der Waals surface area contributed by atoms with Crippen LogP contribution in [0.4, 0.5) is 10.1 Å². The average Bonchev–Trinajstić information content (AvgIpc) is 2.38. The molecule has 0 aliphatic carbocycles. The summed E-state index contributed by atoms with van der Waals surface area (Å²) in [6, 6.07) is 3.55. The molecule has 8 heteroatoms. The third-order valence-electron chi connectivity index (χ3n) is 3.82. The summed E-state index contributed by atoms with van der Waals surface area (Å²) < 4.78 is 13.7. The van der Waals surface area contributed by atoms with Crippen molar-refractivity contribution in [3.8, 4) is 0 Å². The summed E-state index contributed by atoms with van der Waals surface area (Å²) in [5, 5.41) is 14.6. The zero-order valence-electron chi connectivity index (χ0n) is 13.5. The van der Waals surface area contributed by atoms with Crippen LogP contribution in [-0.4, -0.2) is 36.0 Å². The number of nitro groups is 1. The Morgan fingerprint density at radius 2 is 1.83 bits per heavy atom. The van der Waals surface area contributed by atoms with Crippen LogP contribution in [0.5, 0.6) is 0 Å². The summed E-state index contributed by atoms with van der Waals surface area (Å²) in [6.45, 7) is 9.40. The molecule has 1 atom stereocenters. The van der Waals surface area contributed by atoms with E-state index >= 15 is 0 Å². The molecule has 1 aromatic carbocycles. The monoisotopic (exact) mass is 367 g/mol. The molecule has 0 bridgehead atoms. The predicted molar refractivity (Wildman–Crippen MR) is 94.2 cm³/mol. The van der Waals surface area contributed by atoms with Crippen molar-refractivity contribution in [1.82, 2.24) is 10.2 Å². The zero-order chi connectivity index (χ0) is 15.6. The van der Waals surface area contributed by atoms with Crippen molar-refractivity contribution in [1.29, 1.82) is 0 Å². The second kappa shape index (κ2) is 8.78. The minimum Gasteiger partial charge on any atom is -0.314 e. The number of rotatable bonds is 3. The van der Waals surface area contributed by atoms with E-state index in [0.29, 0.717) is 5.56 Å². The fraction of sp³-hybridized carbons (Fsp3) is 0.600. The summed E-state index contributed by atoms with van der Waals surface area (Å²) in [5.74, 6) is -0.431. The molecule has 1 fully saturated rings. The van der Waals surface area contributed by atoms with Gasteiger partial charge in [0, 0.05) is 38.3 Å². The maximum atomic E-state index is 13.7. The lowest BCUT2D eigenvalue weighted by molar-refractivity contribution is -0.386. The second-order valence-electron chi connectivity index (χ2n) is 6.51. The summed E-state index contributed by atoms with van der Waals surface area (Å²) in [4.78, 5) is 13.1. The van der Waals surface area contributed by atoms with E-state index in [1.807, 2.05) is 20.8 Å². The Hall–Kier alpha value is -0.950. The number of halogens is 3. The van der Waals surface area contributed by atoms with Crippen molar-refractivity contribution >= 4 is 30.5 Å². The highest BCUT2D eigenvalue weighted by atomic mass is 35.5. The first kappa shape index (κ1) is 22.1. The molecule has 1 saturated heterocycles. The Labute approximate surface area is 148 Å². The third-order valence-corrected chi connectivity index (χ3v) is 3.82. The number of nitrogens with one attached hydrogen (secondary N) is 1. The quantitative estimate of drug-likeness (QED) is 0.655. The first-order valence-electron chi connectivity index (χ1n) is 7.19. The third kappa shape index (κ3) is 5.28. The van der Waals surface area contributed by atoms with Gasteiger partial charge in [0.25, 0.3) is 5.69 Å². The molecule has 1 N–H and O–H groups in total. The van der Waals surface area contributed by atoms with Crippen LogP contribution in [0.25, 0.3) is 0 Å². The van der Waals surface area contributed by atoms with E-state index in [9.17, 15) is 14.5 Å². The number of piperazine rings is 1. The van der Waals surface area contributed by atoms with E-state index in [4.69, 9.17) is 0 Å². The minimum absolute atomic E-state index is 0. The summed E-state index contributed by atoms with van der Waals surface area (Å²) in [7, 11) is 0. The van der Waals surface area contributed by atoms with E-state index in [1.54, 1.807) is 0 Å². The normalized spacial score (nSPS) is 16.9. The van der Waals surface area contributed by atoms with Gasteiger partial charge in [-0.15, -0.1) is 24.8 Å². The highest BCUT2D eigenvalue weighted by Crippen LogP contribution is 2.42. The molecule has 0 unspecified atom stereocenters. The first-order valence-corrected chi connectivity index (χ1v) is 7.19. The van der Waals surface area contributed by atoms with Crippen LogP contribution in [0, 0.1) is 21.3 Å². The fourth-order valence-electron chi connectivity index (χ4n) is 3.06. The SMILES string of the molecule is CC(C)(C)[C@@H](c1cc(F)ccc1[N+](=O)[O-])N1CCNCC1.Cl.Cl. The number of hydrogen-bond acceptors (Lipinski definition) is 4. The number of benzene rings is 1. The van der Waals surface area contributed by atoms with Crippen molar-refractivity contribution in [2.24, 2.45) is 5.41 Å². The zero-order valence-corrected chi connectivity index (χ0v) is 15.2. The lowest BCUT2D eigenvalue weighted by atomic mass is 9.80. The van der Waals surface area contributed by atoms with Gasteiger partial charge in [-0.25, -0.2) is 4.39 Å². The Bertz CT molecular complexity index is 532. The molecular formula is C15H24Cl2FN3O2. The van der Waals surface area contributed by atoms with Gasteiger partial charge in [0.05, 0.1) is 10.5 Å².